The van der Waals surface area contributed by atoms with Gasteiger partial charge in [-0.25, -0.2) is 0 Å². The Morgan fingerprint density at radius 1 is 1.00 bits per heavy atom. The lowest BCUT2D eigenvalue weighted by atomic mass is 10.1. The van der Waals surface area contributed by atoms with Gasteiger partial charge in [0.2, 0.25) is 5.91 Å². The minimum absolute atomic E-state index is 0.122. The lowest BCUT2D eigenvalue weighted by molar-refractivity contribution is -0.137. The zero-order valence-corrected chi connectivity index (χ0v) is 14.7. The van der Waals surface area contributed by atoms with Crippen LogP contribution >= 0.6 is 0 Å². The van der Waals surface area contributed by atoms with Crippen molar-refractivity contribution in [3.8, 4) is 0 Å². The average Bonchev–Trinajstić information content (AvgIpc) is 3.04. The van der Waals surface area contributed by atoms with E-state index in [1.807, 2.05) is 30.3 Å². The standard InChI is InChI=1S/C21H16F3N3O/c22-21(23,24)13-4-3-5-15(10-13)26-20(28)9-8-14-11-17-16-6-1-2-7-18(16)27-19(17)12-25-14/h1-7,10-12,27H,8-9H2,(H,26,28). The number of nitrogens with zero attached hydrogens (tertiary/aromatic N) is 1. The summed E-state index contributed by atoms with van der Waals surface area (Å²) in [5.74, 6) is -0.361. The number of hydrogen-bond acceptors (Lipinski definition) is 2. The molecule has 7 heteroatoms. The predicted octanol–water partition coefficient (Wildman–Crippen LogP) is 5.31. The van der Waals surface area contributed by atoms with E-state index in [0.29, 0.717) is 6.42 Å². The first-order valence-electron chi connectivity index (χ1n) is 8.72. The van der Waals surface area contributed by atoms with Crippen LogP contribution in [0.25, 0.3) is 21.8 Å². The number of amides is 1. The van der Waals surface area contributed by atoms with Crippen molar-refractivity contribution in [3.63, 3.8) is 0 Å². The number of halogens is 3. The summed E-state index contributed by atoms with van der Waals surface area (Å²) in [6.07, 6.45) is -2.20. The van der Waals surface area contributed by atoms with Gasteiger partial charge in [0.1, 0.15) is 0 Å². The second kappa shape index (κ2) is 6.99. The van der Waals surface area contributed by atoms with Gasteiger partial charge in [-0.2, -0.15) is 13.2 Å². The van der Waals surface area contributed by atoms with Crippen LogP contribution in [0.5, 0.6) is 0 Å². The molecule has 0 saturated heterocycles. The van der Waals surface area contributed by atoms with Crippen molar-refractivity contribution in [2.45, 2.75) is 19.0 Å². The number of alkyl halides is 3. The zero-order valence-electron chi connectivity index (χ0n) is 14.7. The molecule has 1 amide bonds. The number of carbonyl (C=O) groups is 1. The summed E-state index contributed by atoms with van der Waals surface area (Å²) in [5, 5.41) is 4.62. The van der Waals surface area contributed by atoms with Crippen molar-refractivity contribution >= 4 is 33.4 Å². The predicted molar refractivity (Wildman–Crippen MR) is 102 cm³/mol. The van der Waals surface area contributed by atoms with Crippen LogP contribution in [0, 0.1) is 0 Å². The van der Waals surface area contributed by atoms with E-state index in [1.54, 1.807) is 6.20 Å². The number of fused-ring (bicyclic) bond motifs is 3. The number of aromatic amines is 1. The molecule has 28 heavy (non-hydrogen) atoms. The molecule has 142 valence electrons. The Kier molecular flexibility index (Phi) is 4.50. The molecule has 4 nitrogen and oxygen atoms in total. The van der Waals surface area contributed by atoms with Crippen molar-refractivity contribution in [1.82, 2.24) is 9.97 Å². The topological polar surface area (TPSA) is 57.8 Å². The van der Waals surface area contributed by atoms with E-state index in [9.17, 15) is 18.0 Å². The molecule has 0 aliphatic carbocycles. The van der Waals surface area contributed by atoms with Gasteiger partial charge in [-0.05, 0) is 36.8 Å². The summed E-state index contributed by atoms with van der Waals surface area (Å²) < 4.78 is 38.3. The molecule has 2 aromatic carbocycles. The van der Waals surface area contributed by atoms with Crippen LogP contribution in [0.15, 0.2) is 60.8 Å². The van der Waals surface area contributed by atoms with Gasteiger partial charge in [0, 0.05) is 34.1 Å². The maximum Gasteiger partial charge on any atom is 0.416 e. The highest BCUT2D eigenvalue weighted by Gasteiger charge is 2.30. The number of hydrogen-bond donors (Lipinski definition) is 2. The third-order valence-electron chi connectivity index (χ3n) is 4.53. The van der Waals surface area contributed by atoms with Crippen LogP contribution in [0.2, 0.25) is 0 Å². The van der Waals surface area contributed by atoms with Crippen LogP contribution < -0.4 is 5.32 Å². The largest absolute Gasteiger partial charge is 0.416 e. The molecule has 2 heterocycles. The normalized spacial score (nSPS) is 11.8. The SMILES string of the molecule is O=C(CCc1cc2c(cn1)[nH]c1ccccc12)Nc1cccc(C(F)(F)F)c1. The first kappa shape index (κ1) is 18.0. The van der Waals surface area contributed by atoms with Crippen molar-refractivity contribution in [2.24, 2.45) is 0 Å². The molecular weight excluding hydrogens is 367 g/mol. The molecule has 0 aliphatic rings. The summed E-state index contributed by atoms with van der Waals surface area (Å²) in [6, 6.07) is 14.4. The van der Waals surface area contributed by atoms with Crippen LogP contribution in [-0.2, 0) is 17.4 Å². The van der Waals surface area contributed by atoms with Crippen LogP contribution in [-0.4, -0.2) is 15.9 Å². The summed E-state index contributed by atoms with van der Waals surface area (Å²) >= 11 is 0. The van der Waals surface area contributed by atoms with Gasteiger partial charge >= 0.3 is 6.18 Å². The Balaban J connectivity index is 1.45. The number of benzene rings is 2. The number of pyridine rings is 1. The van der Waals surface area contributed by atoms with E-state index >= 15 is 0 Å². The van der Waals surface area contributed by atoms with E-state index in [4.69, 9.17) is 0 Å². The summed E-state index contributed by atoms with van der Waals surface area (Å²) in [6.45, 7) is 0. The van der Waals surface area contributed by atoms with E-state index in [0.717, 1.165) is 39.6 Å². The average molecular weight is 383 g/mol. The van der Waals surface area contributed by atoms with Crippen molar-refractivity contribution < 1.29 is 18.0 Å². The molecule has 0 unspecified atom stereocenters. The molecule has 0 spiro atoms. The lowest BCUT2D eigenvalue weighted by Gasteiger charge is -2.10. The van der Waals surface area contributed by atoms with Crippen LogP contribution in [0.3, 0.4) is 0 Å². The summed E-state index contributed by atoms with van der Waals surface area (Å²) in [5.41, 5.74) is 2.00. The maximum absolute atomic E-state index is 12.8. The van der Waals surface area contributed by atoms with E-state index in [1.165, 1.54) is 12.1 Å². The second-order valence-corrected chi connectivity index (χ2v) is 6.52. The monoisotopic (exact) mass is 383 g/mol. The van der Waals surface area contributed by atoms with E-state index in [2.05, 4.69) is 15.3 Å². The molecular formula is C21H16F3N3O. The maximum atomic E-state index is 12.8. The Labute approximate surface area is 158 Å². The number of anilines is 1. The molecule has 0 saturated carbocycles. The third kappa shape index (κ3) is 3.69. The molecule has 0 fully saturated rings. The third-order valence-corrected chi connectivity index (χ3v) is 4.53. The highest BCUT2D eigenvalue weighted by atomic mass is 19.4. The molecule has 0 radical (unpaired) electrons. The minimum Gasteiger partial charge on any atom is -0.353 e. The number of aromatic nitrogens is 2. The Morgan fingerprint density at radius 3 is 2.64 bits per heavy atom. The summed E-state index contributed by atoms with van der Waals surface area (Å²) in [4.78, 5) is 19.8. The van der Waals surface area contributed by atoms with Gasteiger partial charge in [-0.3, -0.25) is 9.78 Å². The quantitative estimate of drug-likeness (QED) is 0.502. The molecule has 4 aromatic rings. The van der Waals surface area contributed by atoms with Gasteiger partial charge in [0.25, 0.3) is 0 Å². The zero-order chi connectivity index (χ0) is 19.7. The Bertz CT molecular complexity index is 1160. The molecule has 2 N–H and O–H groups in total. The highest BCUT2D eigenvalue weighted by molar-refractivity contribution is 6.07. The summed E-state index contributed by atoms with van der Waals surface area (Å²) in [7, 11) is 0. The fraction of sp³-hybridized carbons (Fsp3) is 0.143. The Hall–Kier alpha value is -3.35. The second-order valence-electron chi connectivity index (χ2n) is 6.52. The van der Waals surface area contributed by atoms with Gasteiger partial charge in [0.05, 0.1) is 17.3 Å². The van der Waals surface area contributed by atoms with Gasteiger partial charge in [-0.1, -0.05) is 24.3 Å². The number of nitrogens with one attached hydrogen (secondary N) is 2. The fourth-order valence-electron chi connectivity index (χ4n) is 3.17. The molecule has 2 aromatic heterocycles. The highest BCUT2D eigenvalue weighted by Crippen LogP contribution is 2.30. The number of H-pyrrole nitrogens is 1. The molecule has 4 rings (SSSR count). The Morgan fingerprint density at radius 2 is 1.82 bits per heavy atom. The molecule has 0 bridgehead atoms. The van der Waals surface area contributed by atoms with Crippen LogP contribution in [0.4, 0.5) is 18.9 Å². The molecule has 0 atom stereocenters. The van der Waals surface area contributed by atoms with E-state index in [-0.39, 0.29) is 18.0 Å². The van der Waals surface area contributed by atoms with Crippen LogP contribution in [0.1, 0.15) is 17.7 Å². The van der Waals surface area contributed by atoms with Gasteiger partial charge < -0.3 is 10.3 Å². The van der Waals surface area contributed by atoms with Gasteiger partial charge in [-0.15, -0.1) is 0 Å². The van der Waals surface area contributed by atoms with Crippen molar-refractivity contribution in [3.05, 3.63) is 72.1 Å². The smallest absolute Gasteiger partial charge is 0.353 e. The first-order valence-corrected chi connectivity index (χ1v) is 8.72. The minimum atomic E-state index is -4.45. The number of aryl methyl sites for hydroxylation is 1. The fourth-order valence-corrected chi connectivity index (χ4v) is 3.17. The number of rotatable bonds is 4. The number of para-hydroxylation sites is 1. The van der Waals surface area contributed by atoms with Crippen molar-refractivity contribution in [2.75, 3.05) is 5.32 Å². The van der Waals surface area contributed by atoms with Gasteiger partial charge in [0.15, 0.2) is 0 Å². The first-order chi connectivity index (χ1) is 13.4. The van der Waals surface area contributed by atoms with Crippen molar-refractivity contribution in [1.29, 1.82) is 0 Å². The number of carbonyl (C=O) groups excluding carboxylic acids is 1. The molecule has 0 aliphatic heterocycles. The lowest BCUT2D eigenvalue weighted by Crippen LogP contribution is -2.13. The van der Waals surface area contributed by atoms with E-state index < -0.39 is 11.7 Å².